The second-order valence-corrected chi connectivity index (χ2v) is 6.92. The van der Waals surface area contributed by atoms with E-state index in [0.717, 1.165) is 16.7 Å². The van der Waals surface area contributed by atoms with E-state index < -0.39 is 0 Å². The Morgan fingerprint density at radius 3 is 2.43 bits per heavy atom. The molecule has 0 atom stereocenters. The molecule has 0 unspecified atom stereocenters. The van der Waals surface area contributed by atoms with Crippen LogP contribution in [-0.4, -0.2) is 16.8 Å². The van der Waals surface area contributed by atoms with E-state index in [1.54, 1.807) is 18.2 Å². The molecule has 2 aromatic carbocycles. The molecule has 0 saturated carbocycles. The lowest BCUT2D eigenvalue weighted by Crippen LogP contribution is -2.24. The summed E-state index contributed by atoms with van der Waals surface area (Å²) >= 11 is 6.09. The van der Waals surface area contributed by atoms with Crippen LogP contribution in [0.4, 0.5) is 5.69 Å². The summed E-state index contributed by atoms with van der Waals surface area (Å²) in [5, 5.41) is 6.16. The zero-order chi connectivity index (χ0) is 20.1. The van der Waals surface area contributed by atoms with Crippen molar-refractivity contribution in [2.75, 3.05) is 5.32 Å². The summed E-state index contributed by atoms with van der Waals surface area (Å²) in [6.45, 7) is 4.28. The van der Waals surface area contributed by atoms with Crippen LogP contribution in [0.3, 0.4) is 0 Å². The number of hydrogen-bond acceptors (Lipinski definition) is 3. The molecule has 6 heteroatoms. The van der Waals surface area contributed by atoms with Gasteiger partial charge in [-0.05, 0) is 49.2 Å². The van der Waals surface area contributed by atoms with Crippen molar-refractivity contribution in [3.8, 4) is 0 Å². The molecule has 0 saturated heterocycles. The third-order valence-electron chi connectivity index (χ3n) is 4.26. The van der Waals surface area contributed by atoms with E-state index in [1.807, 2.05) is 44.2 Å². The molecule has 1 heterocycles. The molecule has 0 aliphatic heterocycles. The Morgan fingerprint density at radius 1 is 0.964 bits per heavy atom. The zero-order valence-corrected chi connectivity index (χ0v) is 16.4. The summed E-state index contributed by atoms with van der Waals surface area (Å²) < 4.78 is 0. The molecule has 0 radical (unpaired) electrons. The minimum absolute atomic E-state index is 0.182. The molecule has 0 aliphatic rings. The van der Waals surface area contributed by atoms with Crippen molar-refractivity contribution in [2.24, 2.45) is 0 Å². The maximum absolute atomic E-state index is 12.5. The van der Waals surface area contributed by atoms with Crippen LogP contribution in [0.25, 0.3) is 0 Å². The number of nitrogens with zero attached hydrogens (tertiary/aromatic N) is 1. The normalized spacial score (nSPS) is 10.4. The Morgan fingerprint density at radius 2 is 1.71 bits per heavy atom. The predicted octanol–water partition coefficient (Wildman–Crippen LogP) is 4.53. The summed E-state index contributed by atoms with van der Waals surface area (Å²) in [7, 11) is 0. The van der Waals surface area contributed by atoms with Crippen molar-refractivity contribution in [3.05, 3.63) is 93.8 Å². The number of rotatable bonds is 5. The number of hydrogen-bond donors (Lipinski definition) is 2. The summed E-state index contributed by atoms with van der Waals surface area (Å²) in [6.07, 6.45) is 1.44. The smallest absolute Gasteiger partial charge is 0.270 e. The Labute approximate surface area is 168 Å². The highest BCUT2D eigenvalue weighted by Crippen LogP contribution is 2.20. The second kappa shape index (κ2) is 8.67. The van der Waals surface area contributed by atoms with Gasteiger partial charge in [0.2, 0.25) is 0 Å². The van der Waals surface area contributed by atoms with Crippen LogP contribution in [0.15, 0.2) is 60.8 Å². The van der Waals surface area contributed by atoms with Crippen molar-refractivity contribution in [2.45, 2.75) is 20.4 Å². The maximum atomic E-state index is 12.5. The molecule has 2 N–H and O–H groups in total. The van der Waals surface area contributed by atoms with Gasteiger partial charge >= 0.3 is 0 Å². The topological polar surface area (TPSA) is 71.1 Å². The third kappa shape index (κ3) is 4.96. The first-order valence-electron chi connectivity index (χ1n) is 8.79. The van der Waals surface area contributed by atoms with Gasteiger partial charge in [0.15, 0.2) is 0 Å². The van der Waals surface area contributed by atoms with Crippen molar-refractivity contribution in [1.29, 1.82) is 0 Å². The largest absolute Gasteiger partial charge is 0.347 e. The number of aryl methyl sites for hydroxylation is 2. The molecular formula is C22H20ClN3O2. The Balaban J connectivity index is 1.66. The predicted molar refractivity (Wildman–Crippen MR) is 111 cm³/mol. The van der Waals surface area contributed by atoms with Crippen molar-refractivity contribution >= 4 is 29.1 Å². The van der Waals surface area contributed by atoms with Gasteiger partial charge in [0.05, 0.1) is 0 Å². The quantitative estimate of drug-likeness (QED) is 0.668. The number of halogens is 1. The Hall–Kier alpha value is -3.18. The molecule has 3 rings (SSSR count). The minimum Gasteiger partial charge on any atom is -0.347 e. The molecule has 1 aromatic heterocycles. The molecule has 142 valence electrons. The van der Waals surface area contributed by atoms with E-state index in [2.05, 4.69) is 15.6 Å². The van der Waals surface area contributed by atoms with Gasteiger partial charge in [0.1, 0.15) is 5.69 Å². The van der Waals surface area contributed by atoms with Gasteiger partial charge in [0.25, 0.3) is 11.8 Å². The van der Waals surface area contributed by atoms with Gasteiger partial charge in [-0.2, -0.15) is 0 Å². The van der Waals surface area contributed by atoms with E-state index in [-0.39, 0.29) is 17.5 Å². The molecule has 5 nitrogen and oxygen atoms in total. The van der Waals surface area contributed by atoms with Crippen molar-refractivity contribution in [1.82, 2.24) is 10.3 Å². The van der Waals surface area contributed by atoms with Crippen LogP contribution in [-0.2, 0) is 6.54 Å². The molecule has 28 heavy (non-hydrogen) atoms. The monoisotopic (exact) mass is 393 g/mol. The van der Waals surface area contributed by atoms with Gasteiger partial charge in [-0.1, -0.05) is 47.5 Å². The Bertz CT molecular complexity index is 1020. The SMILES string of the molecule is Cc1ccc(CNC(=O)c2cc(C(=O)Nc3ccc(C)c(Cl)c3)ccn2)cc1. The second-order valence-electron chi connectivity index (χ2n) is 6.52. The van der Waals surface area contributed by atoms with Crippen LogP contribution >= 0.6 is 11.6 Å². The van der Waals surface area contributed by atoms with Crippen LogP contribution < -0.4 is 10.6 Å². The van der Waals surface area contributed by atoms with E-state index >= 15 is 0 Å². The van der Waals surface area contributed by atoms with E-state index in [9.17, 15) is 9.59 Å². The molecule has 0 fully saturated rings. The molecular weight excluding hydrogens is 374 g/mol. The highest BCUT2D eigenvalue weighted by molar-refractivity contribution is 6.31. The fourth-order valence-corrected chi connectivity index (χ4v) is 2.73. The van der Waals surface area contributed by atoms with E-state index in [0.29, 0.717) is 22.8 Å². The fraction of sp³-hybridized carbons (Fsp3) is 0.136. The standard InChI is InChI=1S/C22H20ClN3O2/c1-14-3-6-16(7-4-14)13-25-22(28)20-11-17(9-10-24-20)21(27)26-18-8-5-15(2)19(23)12-18/h3-12H,13H2,1-2H3,(H,25,28)(H,26,27). The van der Waals surface area contributed by atoms with Gasteiger partial charge in [-0.3, -0.25) is 14.6 Å². The van der Waals surface area contributed by atoms with Gasteiger partial charge in [-0.15, -0.1) is 0 Å². The lowest BCUT2D eigenvalue weighted by Gasteiger charge is -2.09. The van der Waals surface area contributed by atoms with Crippen LogP contribution in [0.5, 0.6) is 0 Å². The average molecular weight is 394 g/mol. The summed E-state index contributed by atoms with van der Waals surface area (Å²) in [5.74, 6) is -0.677. The first-order valence-corrected chi connectivity index (χ1v) is 9.17. The zero-order valence-electron chi connectivity index (χ0n) is 15.6. The minimum atomic E-state index is -0.339. The number of pyridine rings is 1. The number of aromatic nitrogens is 1. The lowest BCUT2D eigenvalue weighted by molar-refractivity contribution is 0.0946. The van der Waals surface area contributed by atoms with Crippen molar-refractivity contribution in [3.63, 3.8) is 0 Å². The number of benzene rings is 2. The molecule has 0 spiro atoms. The van der Waals surface area contributed by atoms with E-state index in [1.165, 1.54) is 12.3 Å². The lowest BCUT2D eigenvalue weighted by atomic mass is 10.1. The van der Waals surface area contributed by atoms with Gasteiger partial charge in [-0.25, -0.2) is 0 Å². The average Bonchev–Trinajstić information content (AvgIpc) is 2.70. The summed E-state index contributed by atoms with van der Waals surface area (Å²) in [4.78, 5) is 28.9. The highest BCUT2D eigenvalue weighted by Gasteiger charge is 2.12. The van der Waals surface area contributed by atoms with Crippen LogP contribution in [0.2, 0.25) is 5.02 Å². The number of carbonyl (C=O) groups excluding carboxylic acids is 2. The number of anilines is 1. The number of carbonyl (C=O) groups is 2. The first-order chi connectivity index (χ1) is 13.4. The first kappa shape index (κ1) is 19.6. The molecule has 0 bridgehead atoms. The highest BCUT2D eigenvalue weighted by atomic mass is 35.5. The van der Waals surface area contributed by atoms with Crippen LogP contribution in [0.1, 0.15) is 37.5 Å². The third-order valence-corrected chi connectivity index (χ3v) is 4.67. The van der Waals surface area contributed by atoms with Gasteiger partial charge < -0.3 is 10.6 Å². The van der Waals surface area contributed by atoms with Crippen LogP contribution in [0, 0.1) is 13.8 Å². The molecule has 0 aliphatic carbocycles. The maximum Gasteiger partial charge on any atom is 0.270 e. The van der Waals surface area contributed by atoms with E-state index in [4.69, 9.17) is 11.6 Å². The molecule has 2 amide bonds. The summed E-state index contributed by atoms with van der Waals surface area (Å²) in [5.41, 5.74) is 4.18. The number of nitrogens with one attached hydrogen (secondary N) is 2. The number of amides is 2. The van der Waals surface area contributed by atoms with Crippen molar-refractivity contribution < 1.29 is 9.59 Å². The Kier molecular flexibility index (Phi) is 6.06. The summed E-state index contributed by atoms with van der Waals surface area (Å²) in [6, 6.07) is 16.2. The van der Waals surface area contributed by atoms with Gasteiger partial charge in [0, 0.05) is 29.0 Å². The molecule has 3 aromatic rings. The fourth-order valence-electron chi connectivity index (χ4n) is 2.55.